The van der Waals surface area contributed by atoms with Gasteiger partial charge in [0.1, 0.15) is 5.82 Å². The average Bonchev–Trinajstić information content (AvgIpc) is 2.48. The van der Waals surface area contributed by atoms with Gasteiger partial charge in [0.15, 0.2) is 6.29 Å². The minimum Gasteiger partial charge on any atom is -0.367 e. The Morgan fingerprint density at radius 2 is 1.92 bits per heavy atom. The molecule has 2 rings (SSSR count). The molecule has 0 radical (unpaired) electrons. The summed E-state index contributed by atoms with van der Waals surface area (Å²) in [4.78, 5) is 14.9. The number of aliphatic hydroxyl groups is 1. The number of amides is 1. The zero-order chi connectivity index (χ0) is 17.7. The van der Waals surface area contributed by atoms with Crippen molar-refractivity contribution >= 4 is 21.8 Å². The van der Waals surface area contributed by atoms with Crippen LogP contribution in [0.4, 0.5) is 5.82 Å². The first kappa shape index (κ1) is 18.1. The maximum absolute atomic E-state index is 12.1. The summed E-state index contributed by atoms with van der Waals surface area (Å²) in [6.45, 7) is 3.20. The highest BCUT2D eigenvalue weighted by atomic mass is 32.2. The van der Waals surface area contributed by atoms with Crippen LogP contribution in [0.2, 0.25) is 0 Å². The molecule has 24 heavy (non-hydrogen) atoms. The second-order valence-corrected chi connectivity index (χ2v) is 6.83. The minimum atomic E-state index is -4.05. The van der Waals surface area contributed by atoms with Gasteiger partial charge in [-0.1, -0.05) is 23.8 Å². The Balaban J connectivity index is 2.00. The normalized spacial score (nSPS) is 12.6. The molecule has 7 nitrogen and oxygen atoms in total. The summed E-state index contributed by atoms with van der Waals surface area (Å²) in [6, 6.07) is 9.30. The molecule has 0 fully saturated rings. The summed E-state index contributed by atoms with van der Waals surface area (Å²) >= 11 is 0. The standard InChI is InChI=1S/C16H18N2O5S/c1-11-3-6-14(7-4-11)24(21,22)23-16(20)9-13-5-8-15(17-10-13)18-12(2)19/h3-8,10,16,20H,9H2,1-2H3,(H,17,18,19). The number of aromatic nitrogens is 1. The van der Waals surface area contributed by atoms with E-state index in [1.165, 1.54) is 25.3 Å². The average molecular weight is 350 g/mol. The Kier molecular flexibility index (Phi) is 5.66. The largest absolute Gasteiger partial charge is 0.367 e. The van der Waals surface area contributed by atoms with Crippen LogP contribution in [0, 0.1) is 6.92 Å². The van der Waals surface area contributed by atoms with E-state index in [9.17, 15) is 18.3 Å². The molecule has 0 aliphatic heterocycles. The summed E-state index contributed by atoms with van der Waals surface area (Å²) < 4.78 is 28.9. The molecule has 1 unspecified atom stereocenters. The number of hydrogen-bond donors (Lipinski definition) is 2. The summed E-state index contributed by atoms with van der Waals surface area (Å²) in [6.07, 6.45) is -0.167. The number of nitrogens with one attached hydrogen (secondary N) is 1. The Labute approximate surface area is 140 Å². The molecule has 1 heterocycles. The number of hydrogen-bond acceptors (Lipinski definition) is 6. The Morgan fingerprint density at radius 1 is 1.25 bits per heavy atom. The maximum atomic E-state index is 12.1. The molecule has 0 spiro atoms. The SMILES string of the molecule is CC(=O)Nc1ccc(CC(O)OS(=O)(=O)c2ccc(C)cc2)cn1. The molecular weight excluding hydrogens is 332 g/mol. The summed E-state index contributed by atoms with van der Waals surface area (Å²) in [7, 11) is -4.05. The highest BCUT2D eigenvalue weighted by Crippen LogP contribution is 2.16. The van der Waals surface area contributed by atoms with Crippen molar-refractivity contribution in [2.75, 3.05) is 5.32 Å². The van der Waals surface area contributed by atoms with Crippen molar-refractivity contribution < 1.29 is 22.5 Å². The van der Waals surface area contributed by atoms with Gasteiger partial charge in [-0.25, -0.2) is 9.17 Å². The number of benzene rings is 1. The van der Waals surface area contributed by atoms with E-state index < -0.39 is 16.4 Å². The topological polar surface area (TPSA) is 106 Å². The molecule has 0 aliphatic rings. The zero-order valence-corrected chi connectivity index (χ0v) is 14.1. The van der Waals surface area contributed by atoms with Crippen molar-refractivity contribution in [1.29, 1.82) is 0 Å². The van der Waals surface area contributed by atoms with E-state index >= 15 is 0 Å². The van der Waals surface area contributed by atoms with Crippen LogP contribution < -0.4 is 5.32 Å². The van der Waals surface area contributed by atoms with Crippen molar-refractivity contribution in [2.45, 2.75) is 31.5 Å². The lowest BCUT2D eigenvalue weighted by Gasteiger charge is -2.12. The van der Waals surface area contributed by atoms with Crippen LogP contribution >= 0.6 is 0 Å². The number of rotatable bonds is 6. The second kappa shape index (κ2) is 7.52. The van der Waals surface area contributed by atoms with E-state index in [2.05, 4.69) is 10.3 Å². The quantitative estimate of drug-likeness (QED) is 0.606. The van der Waals surface area contributed by atoms with E-state index in [1.54, 1.807) is 24.3 Å². The van der Waals surface area contributed by atoms with Gasteiger partial charge in [-0.3, -0.25) is 4.79 Å². The predicted molar refractivity (Wildman–Crippen MR) is 87.7 cm³/mol. The lowest BCUT2D eigenvalue weighted by atomic mass is 10.2. The van der Waals surface area contributed by atoms with Crippen molar-refractivity contribution in [3.63, 3.8) is 0 Å². The van der Waals surface area contributed by atoms with Crippen molar-refractivity contribution in [1.82, 2.24) is 4.98 Å². The first-order valence-corrected chi connectivity index (χ1v) is 8.57. The summed E-state index contributed by atoms with van der Waals surface area (Å²) in [5.41, 5.74) is 1.48. The lowest BCUT2D eigenvalue weighted by molar-refractivity contribution is -0.114. The smallest absolute Gasteiger partial charge is 0.299 e. The van der Waals surface area contributed by atoms with E-state index in [1.807, 2.05) is 6.92 Å². The van der Waals surface area contributed by atoms with Crippen LogP contribution in [-0.4, -0.2) is 30.7 Å². The number of anilines is 1. The van der Waals surface area contributed by atoms with Crippen LogP contribution in [0.25, 0.3) is 0 Å². The van der Waals surface area contributed by atoms with Crippen LogP contribution in [0.3, 0.4) is 0 Å². The zero-order valence-electron chi connectivity index (χ0n) is 13.3. The van der Waals surface area contributed by atoms with Crippen molar-refractivity contribution in [2.24, 2.45) is 0 Å². The molecule has 0 saturated carbocycles. The molecule has 128 valence electrons. The maximum Gasteiger partial charge on any atom is 0.299 e. The number of pyridine rings is 1. The minimum absolute atomic E-state index is 0.0220. The van der Waals surface area contributed by atoms with Crippen molar-refractivity contribution in [3.05, 3.63) is 53.7 Å². The third kappa shape index (κ3) is 5.12. The molecule has 1 aromatic heterocycles. The lowest BCUT2D eigenvalue weighted by Crippen LogP contribution is -2.20. The number of carbonyl (C=O) groups excluding carboxylic acids is 1. The first-order valence-electron chi connectivity index (χ1n) is 7.17. The van der Waals surface area contributed by atoms with Crippen LogP contribution in [0.5, 0.6) is 0 Å². The number of aliphatic hydroxyl groups excluding tert-OH is 1. The molecule has 1 atom stereocenters. The summed E-state index contributed by atoms with van der Waals surface area (Å²) in [5, 5.41) is 12.4. The molecule has 1 amide bonds. The van der Waals surface area contributed by atoms with E-state index in [0.717, 1.165) is 5.56 Å². The second-order valence-electron chi connectivity index (χ2n) is 5.26. The molecule has 8 heteroatoms. The van der Waals surface area contributed by atoms with Gasteiger partial charge in [-0.2, -0.15) is 8.42 Å². The summed E-state index contributed by atoms with van der Waals surface area (Å²) in [5.74, 6) is 0.122. The Bertz CT molecular complexity index is 801. The van der Waals surface area contributed by atoms with Gasteiger partial charge in [-0.05, 0) is 30.7 Å². The van der Waals surface area contributed by atoms with Gasteiger partial charge < -0.3 is 10.4 Å². The van der Waals surface area contributed by atoms with Gasteiger partial charge in [0.05, 0.1) is 4.90 Å². The molecule has 0 bridgehead atoms. The van der Waals surface area contributed by atoms with Gasteiger partial charge >= 0.3 is 0 Å². The third-order valence-corrected chi connectivity index (χ3v) is 4.41. The Hall–Kier alpha value is -2.29. The monoisotopic (exact) mass is 350 g/mol. The van der Waals surface area contributed by atoms with E-state index in [0.29, 0.717) is 11.4 Å². The molecule has 0 saturated heterocycles. The van der Waals surface area contributed by atoms with E-state index in [-0.39, 0.29) is 17.2 Å². The molecule has 0 aliphatic carbocycles. The van der Waals surface area contributed by atoms with Gasteiger partial charge in [0.2, 0.25) is 5.91 Å². The third-order valence-electron chi connectivity index (χ3n) is 3.09. The van der Waals surface area contributed by atoms with Crippen LogP contribution in [0.1, 0.15) is 18.1 Å². The van der Waals surface area contributed by atoms with Crippen molar-refractivity contribution in [3.8, 4) is 0 Å². The molecule has 1 aromatic carbocycles. The fourth-order valence-electron chi connectivity index (χ4n) is 1.94. The van der Waals surface area contributed by atoms with Gasteiger partial charge in [0.25, 0.3) is 10.1 Å². The van der Waals surface area contributed by atoms with Gasteiger partial charge in [-0.15, -0.1) is 0 Å². The van der Waals surface area contributed by atoms with Gasteiger partial charge in [0, 0.05) is 19.5 Å². The molecule has 2 N–H and O–H groups in total. The fraction of sp³-hybridized carbons (Fsp3) is 0.250. The van der Waals surface area contributed by atoms with E-state index in [4.69, 9.17) is 4.18 Å². The Morgan fingerprint density at radius 3 is 2.46 bits per heavy atom. The highest BCUT2D eigenvalue weighted by molar-refractivity contribution is 7.86. The highest BCUT2D eigenvalue weighted by Gasteiger charge is 2.20. The number of carbonyl (C=O) groups is 1. The molecule has 2 aromatic rings. The van der Waals surface area contributed by atoms with Crippen LogP contribution in [0.15, 0.2) is 47.5 Å². The number of aryl methyl sites for hydroxylation is 1. The first-order chi connectivity index (χ1) is 11.3. The van der Waals surface area contributed by atoms with Crippen LogP contribution in [-0.2, 0) is 25.5 Å². The molecular formula is C16H18N2O5S. The number of nitrogens with zero attached hydrogens (tertiary/aromatic N) is 1. The fourth-order valence-corrected chi connectivity index (χ4v) is 2.88. The predicted octanol–water partition coefficient (Wildman–Crippen LogP) is 1.61.